The van der Waals surface area contributed by atoms with Crippen molar-refractivity contribution in [2.24, 2.45) is 11.3 Å². The van der Waals surface area contributed by atoms with Crippen molar-refractivity contribution in [1.82, 2.24) is 14.7 Å². The van der Waals surface area contributed by atoms with Crippen molar-refractivity contribution in [2.45, 2.75) is 30.7 Å². The van der Waals surface area contributed by atoms with E-state index in [1.54, 1.807) is 11.8 Å². The van der Waals surface area contributed by atoms with E-state index < -0.39 is 0 Å². The van der Waals surface area contributed by atoms with Crippen LogP contribution in [0.5, 0.6) is 0 Å². The zero-order valence-electron chi connectivity index (χ0n) is 17.8. The van der Waals surface area contributed by atoms with Crippen molar-refractivity contribution in [2.75, 3.05) is 24.7 Å². The highest BCUT2D eigenvalue weighted by atomic mass is 32.2. The maximum absolute atomic E-state index is 12.8. The summed E-state index contributed by atoms with van der Waals surface area (Å²) in [5, 5.41) is 7.64. The van der Waals surface area contributed by atoms with Crippen molar-refractivity contribution in [3.63, 3.8) is 0 Å². The number of carbonyl (C=O) groups excluding carboxylic acids is 1. The lowest BCUT2D eigenvalue weighted by Gasteiger charge is -2.32. The van der Waals surface area contributed by atoms with Gasteiger partial charge in [0.15, 0.2) is 0 Å². The van der Waals surface area contributed by atoms with Gasteiger partial charge >= 0.3 is 0 Å². The average molecular weight is 433 g/mol. The molecule has 2 heterocycles. The van der Waals surface area contributed by atoms with Gasteiger partial charge in [-0.15, -0.1) is 11.8 Å². The molecular weight excluding hydrogens is 404 g/mol. The van der Waals surface area contributed by atoms with Gasteiger partial charge in [-0.25, -0.2) is 4.68 Å². The molecule has 6 heteroatoms. The SMILES string of the molecule is CSc1ccc(NC(=O)C2CC23CCN(Cc2cnn(-c4ccccc4)c2)CC3)cc1. The monoisotopic (exact) mass is 432 g/mol. The van der Waals surface area contributed by atoms with Crippen LogP contribution in [-0.2, 0) is 11.3 Å². The second-order valence-electron chi connectivity index (χ2n) is 8.74. The van der Waals surface area contributed by atoms with Crippen molar-refractivity contribution < 1.29 is 4.79 Å². The van der Waals surface area contributed by atoms with Gasteiger partial charge in [0.1, 0.15) is 0 Å². The maximum Gasteiger partial charge on any atom is 0.228 e. The first kappa shape index (κ1) is 20.3. The Morgan fingerprint density at radius 1 is 1.13 bits per heavy atom. The first-order valence-corrected chi connectivity index (χ1v) is 12.1. The summed E-state index contributed by atoms with van der Waals surface area (Å²) in [7, 11) is 0. The van der Waals surface area contributed by atoms with E-state index in [0.29, 0.717) is 0 Å². The number of para-hydroxylation sites is 1. The van der Waals surface area contributed by atoms with E-state index in [4.69, 9.17) is 0 Å². The van der Waals surface area contributed by atoms with Crippen LogP contribution in [0.15, 0.2) is 71.9 Å². The molecule has 5 rings (SSSR count). The van der Waals surface area contributed by atoms with E-state index in [1.165, 1.54) is 10.5 Å². The van der Waals surface area contributed by atoms with Gasteiger partial charge in [-0.1, -0.05) is 18.2 Å². The van der Waals surface area contributed by atoms with Crippen molar-refractivity contribution in [1.29, 1.82) is 0 Å². The number of carbonyl (C=O) groups is 1. The molecule has 1 saturated carbocycles. The third-order valence-corrected chi connectivity index (χ3v) is 7.52. The van der Waals surface area contributed by atoms with Crippen LogP contribution in [0.3, 0.4) is 0 Å². The number of hydrogen-bond donors (Lipinski definition) is 1. The lowest BCUT2D eigenvalue weighted by Crippen LogP contribution is -2.35. The average Bonchev–Trinajstić information content (AvgIpc) is 3.31. The molecule has 1 unspecified atom stereocenters. The second kappa shape index (κ2) is 8.52. The molecule has 1 aromatic heterocycles. The van der Waals surface area contributed by atoms with E-state index in [0.717, 1.165) is 50.3 Å². The number of benzene rings is 2. The minimum absolute atomic E-state index is 0.163. The number of amides is 1. The number of anilines is 1. The van der Waals surface area contributed by atoms with Gasteiger partial charge in [0.05, 0.1) is 11.9 Å². The number of nitrogens with one attached hydrogen (secondary N) is 1. The molecule has 2 aliphatic rings. The molecule has 1 aliphatic heterocycles. The number of likely N-dealkylation sites (tertiary alicyclic amines) is 1. The highest BCUT2D eigenvalue weighted by molar-refractivity contribution is 7.98. The van der Waals surface area contributed by atoms with Gasteiger partial charge < -0.3 is 5.32 Å². The minimum atomic E-state index is 0.163. The van der Waals surface area contributed by atoms with Crippen molar-refractivity contribution in [3.8, 4) is 5.69 Å². The number of rotatable bonds is 6. The quantitative estimate of drug-likeness (QED) is 0.567. The topological polar surface area (TPSA) is 50.2 Å². The van der Waals surface area contributed by atoms with Gasteiger partial charge in [-0.2, -0.15) is 5.10 Å². The molecule has 2 fully saturated rings. The Hall–Kier alpha value is -2.57. The molecule has 0 radical (unpaired) electrons. The van der Waals surface area contributed by atoms with Gasteiger partial charge in [0.2, 0.25) is 5.91 Å². The molecule has 1 amide bonds. The van der Waals surface area contributed by atoms with Crippen LogP contribution >= 0.6 is 11.8 Å². The Morgan fingerprint density at radius 3 is 2.58 bits per heavy atom. The van der Waals surface area contributed by atoms with E-state index in [-0.39, 0.29) is 17.2 Å². The Bertz CT molecular complexity index is 1040. The van der Waals surface area contributed by atoms with Crippen LogP contribution in [-0.4, -0.2) is 39.9 Å². The number of nitrogens with zero attached hydrogens (tertiary/aromatic N) is 3. The van der Waals surface area contributed by atoms with Crippen molar-refractivity contribution >= 4 is 23.4 Å². The van der Waals surface area contributed by atoms with Gasteiger partial charge in [0, 0.05) is 34.8 Å². The maximum atomic E-state index is 12.8. The fraction of sp³-hybridized carbons (Fsp3) is 0.360. The Morgan fingerprint density at radius 2 is 1.87 bits per heavy atom. The number of piperidine rings is 1. The van der Waals surface area contributed by atoms with E-state index >= 15 is 0 Å². The standard InChI is InChI=1S/C25H28N4OS/c1-31-22-9-7-20(8-10-22)27-24(30)23-15-25(23)11-13-28(14-12-25)17-19-16-26-29(18-19)21-5-3-2-4-6-21/h2-10,16,18,23H,11-15,17H2,1H3,(H,27,30). The second-order valence-corrected chi connectivity index (χ2v) is 9.62. The number of aromatic nitrogens is 2. The fourth-order valence-electron chi connectivity index (χ4n) is 4.75. The third-order valence-electron chi connectivity index (χ3n) is 6.78. The largest absolute Gasteiger partial charge is 0.326 e. The van der Waals surface area contributed by atoms with Crippen LogP contribution in [0.2, 0.25) is 0 Å². The van der Waals surface area contributed by atoms with E-state index in [9.17, 15) is 4.79 Å². The molecule has 0 bridgehead atoms. The highest BCUT2D eigenvalue weighted by Crippen LogP contribution is 2.59. The molecule has 1 spiro atoms. The van der Waals surface area contributed by atoms with Crippen LogP contribution < -0.4 is 5.32 Å². The fourth-order valence-corrected chi connectivity index (χ4v) is 5.16. The summed E-state index contributed by atoms with van der Waals surface area (Å²) in [4.78, 5) is 16.5. The number of hydrogen-bond acceptors (Lipinski definition) is 4. The summed E-state index contributed by atoms with van der Waals surface area (Å²) in [6.45, 7) is 3.01. The summed E-state index contributed by atoms with van der Waals surface area (Å²) in [5.41, 5.74) is 3.44. The minimum Gasteiger partial charge on any atom is -0.326 e. The molecular formula is C25H28N4OS. The lowest BCUT2D eigenvalue weighted by atomic mass is 9.90. The molecule has 3 aromatic rings. The Labute approximate surface area is 187 Å². The third kappa shape index (κ3) is 4.41. The number of thioether (sulfide) groups is 1. The molecule has 31 heavy (non-hydrogen) atoms. The molecule has 1 saturated heterocycles. The van der Waals surface area contributed by atoms with Crippen LogP contribution in [0.1, 0.15) is 24.8 Å². The van der Waals surface area contributed by atoms with Crippen molar-refractivity contribution in [3.05, 3.63) is 72.6 Å². The lowest BCUT2D eigenvalue weighted by molar-refractivity contribution is -0.118. The summed E-state index contributed by atoms with van der Waals surface area (Å²) in [6.07, 6.45) is 9.37. The predicted molar refractivity (Wildman–Crippen MR) is 125 cm³/mol. The first-order chi connectivity index (χ1) is 15.1. The molecule has 1 atom stereocenters. The predicted octanol–water partition coefficient (Wildman–Crippen LogP) is 4.84. The first-order valence-electron chi connectivity index (χ1n) is 10.9. The van der Waals surface area contributed by atoms with Crippen LogP contribution in [0.4, 0.5) is 5.69 Å². The molecule has 2 aromatic carbocycles. The highest BCUT2D eigenvalue weighted by Gasteiger charge is 2.58. The van der Waals surface area contributed by atoms with Crippen LogP contribution in [0, 0.1) is 11.3 Å². The Balaban J connectivity index is 1.12. The molecule has 5 nitrogen and oxygen atoms in total. The zero-order chi connectivity index (χ0) is 21.3. The summed E-state index contributed by atoms with van der Waals surface area (Å²) in [5.74, 6) is 0.352. The summed E-state index contributed by atoms with van der Waals surface area (Å²) < 4.78 is 1.94. The summed E-state index contributed by atoms with van der Waals surface area (Å²) >= 11 is 1.71. The van der Waals surface area contributed by atoms with E-state index in [2.05, 4.69) is 52.0 Å². The van der Waals surface area contributed by atoms with Crippen LogP contribution in [0.25, 0.3) is 5.69 Å². The zero-order valence-corrected chi connectivity index (χ0v) is 18.6. The normalized spacial score (nSPS) is 20.0. The van der Waals surface area contributed by atoms with E-state index in [1.807, 2.05) is 41.2 Å². The van der Waals surface area contributed by atoms with Gasteiger partial charge in [-0.3, -0.25) is 9.69 Å². The smallest absolute Gasteiger partial charge is 0.228 e. The molecule has 1 aliphatic carbocycles. The van der Waals surface area contributed by atoms with Gasteiger partial charge in [-0.05, 0) is 80.4 Å². The molecule has 160 valence electrons. The van der Waals surface area contributed by atoms with Gasteiger partial charge in [0.25, 0.3) is 0 Å². The molecule has 1 N–H and O–H groups in total. The summed E-state index contributed by atoms with van der Waals surface area (Å²) in [6, 6.07) is 18.3. The Kier molecular flexibility index (Phi) is 5.59.